The fourth-order valence-electron chi connectivity index (χ4n) is 7.70. The molecule has 284 valence electrons. The van der Waals surface area contributed by atoms with Crippen molar-refractivity contribution in [3.05, 3.63) is 220 Å². The van der Waals surface area contributed by atoms with Gasteiger partial charge in [0.2, 0.25) is 0 Å². The molecule has 3 nitrogen and oxygen atoms in total. The Kier molecular flexibility index (Phi) is 12.2. The van der Waals surface area contributed by atoms with Gasteiger partial charge in [-0.1, -0.05) is 170 Å². The van der Waals surface area contributed by atoms with E-state index in [1.165, 1.54) is 33.4 Å². The van der Waals surface area contributed by atoms with Crippen LogP contribution in [0.4, 0.5) is 0 Å². The first-order chi connectivity index (χ1) is 28.6. The maximum absolute atomic E-state index is 5.11. The van der Waals surface area contributed by atoms with E-state index in [0.717, 1.165) is 88.3 Å². The van der Waals surface area contributed by atoms with E-state index in [-0.39, 0.29) is 0 Å². The maximum Gasteiger partial charge on any atom is 0.154 e. The number of allylic oxidation sites excluding steroid dienone is 8. The van der Waals surface area contributed by atoms with Crippen molar-refractivity contribution in [2.45, 2.75) is 45.6 Å². The van der Waals surface area contributed by atoms with Gasteiger partial charge >= 0.3 is 0 Å². The Hall–Kier alpha value is -6.71. The van der Waals surface area contributed by atoms with Gasteiger partial charge < -0.3 is 0 Å². The molecule has 0 saturated heterocycles. The molecule has 58 heavy (non-hydrogen) atoms. The summed E-state index contributed by atoms with van der Waals surface area (Å²) in [6, 6.07) is 41.2. The second kappa shape index (κ2) is 18.5. The summed E-state index contributed by atoms with van der Waals surface area (Å²) in [6.07, 6.45) is 31.9. The number of amidine groups is 1. The Morgan fingerprint density at radius 1 is 0.672 bits per heavy atom. The molecule has 3 heteroatoms. The zero-order valence-electron chi connectivity index (χ0n) is 33.5. The molecule has 0 heterocycles. The molecular weight excluding hydrogens is 703 g/mol. The smallest absolute Gasteiger partial charge is 0.154 e. The van der Waals surface area contributed by atoms with Crippen LogP contribution in [-0.4, -0.2) is 24.3 Å². The highest BCUT2D eigenvalue weighted by molar-refractivity contribution is 6.14. The van der Waals surface area contributed by atoms with E-state index in [9.17, 15) is 0 Å². The van der Waals surface area contributed by atoms with Crippen LogP contribution in [0.25, 0.3) is 41.0 Å². The van der Waals surface area contributed by atoms with E-state index >= 15 is 0 Å². The Bertz CT molecular complexity index is 2600. The van der Waals surface area contributed by atoms with Gasteiger partial charge in [0.1, 0.15) is 0 Å². The minimum absolute atomic E-state index is 0.596. The van der Waals surface area contributed by atoms with Crippen molar-refractivity contribution in [2.24, 2.45) is 15.0 Å². The lowest BCUT2D eigenvalue weighted by molar-refractivity contribution is 0.984. The average Bonchev–Trinajstić information content (AvgIpc) is 3.54. The van der Waals surface area contributed by atoms with E-state index < -0.39 is 0 Å². The van der Waals surface area contributed by atoms with Crippen LogP contribution in [0.15, 0.2) is 184 Å². The van der Waals surface area contributed by atoms with Crippen LogP contribution in [-0.2, 0) is 13.0 Å². The largest absolute Gasteiger partial charge is 0.288 e. The highest BCUT2D eigenvalue weighted by Gasteiger charge is 2.14. The van der Waals surface area contributed by atoms with Gasteiger partial charge in [-0.15, -0.1) is 0 Å². The van der Waals surface area contributed by atoms with E-state index in [1.54, 1.807) is 0 Å². The third kappa shape index (κ3) is 9.28. The summed E-state index contributed by atoms with van der Waals surface area (Å²) in [4.78, 5) is 14.9. The van der Waals surface area contributed by atoms with Crippen LogP contribution in [0, 0.1) is 0 Å². The summed E-state index contributed by atoms with van der Waals surface area (Å²) < 4.78 is 0. The lowest BCUT2D eigenvalue weighted by Crippen LogP contribution is -2.06. The fraction of sp³-hybridized carbons (Fsp3) is 0.145. The van der Waals surface area contributed by atoms with Crippen LogP contribution in [0.1, 0.15) is 82.7 Å². The Labute approximate surface area is 344 Å². The molecule has 0 bridgehead atoms. The van der Waals surface area contributed by atoms with E-state index in [2.05, 4.69) is 189 Å². The van der Waals surface area contributed by atoms with Gasteiger partial charge in [-0.25, -0.2) is 4.99 Å². The summed E-state index contributed by atoms with van der Waals surface area (Å²) >= 11 is 0. The average molecular weight is 752 g/mol. The minimum Gasteiger partial charge on any atom is -0.288 e. The van der Waals surface area contributed by atoms with E-state index in [1.807, 2.05) is 13.1 Å². The van der Waals surface area contributed by atoms with E-state index in [0.29, 0.717) is 6.54 Å². The van der Waals surface area contributed by atoms with Gasteiger partial charge in [0.25, 0.3) is 0 Å². The number of benzene rings is 5. The summed E-state index contributed by atoms with van der Waals surface area (Å²) in [7, 11) is 1.89. The Morgan fingerprint density at radius 3 is 2.33 bits per heavy atom. The highest BCUT2D eigenvalue weighted by atomic mass is 14.9. The third-order valence-electron chi connectivity index (χ3n) is 10.9. The summed E-state index contributed by atoms with van der Waals surface area (Å²) in [6.45, 7) is 2.68. The number of nitrogens with zero attached hydrogens (tertiary/aromatic N) is 3. The number of aliphatic imine (C=N–C) groups is 3. The number of hydrogen-bond acceptors (Lipinski definition) is 2. The molecule has 8 rings (SSSR count). The van der Waals surface area contributed by atoms with Crippen molar-refractivity contribution in [2.75, 3.05) is 7.05 Å². The fourth-order valence-corrected chi connectivity index (χ4v) is 7.70. The van der Waals surface area contributed by atoms with Crippen LogP contribution < -0.4 is 0 Å². The first-order valence-electron chi connectivity index (χ1n) is 20.5. The molecule has 3 aliphatic carbocycles. The summed E-state index contributed by atoms with van der Waals surface area (Å²) in [5, 5.41) is 0. The number of rotatable bonds is 10. The SMILES string of the molecule is CN=C(/C=C(\C=C\c1ccc(-c2cccc(C(C)=NC(=NCc3ccccc3)C3=CCCC=C3)c2)cc1)c1cccc2c1C=CCC2)c1ccc2c(c1)C=CCC=C2. The molecule has 0 aromatic heterocycles. The van der Waals surface area contributed by atoms with Gasteiger partial charge in [-0.3, -0.25) is 9.98 Å². The molecule has 0 amide bonds. The molecule has 0 aliphatic heterocycles. The first kappa shape index (κ1) is 38.2. The Morgan fingerprint density at radius 2 is 1.50 bits per heavy atom. The van der Waals surface area contributed by atoms with Gasteiger partial charge in [-0.05, 0) is 118 Å². The molecule has 0 saturated carbocycles. The van der Waals surface area contributed by atoms with Gasteiger partial charge in [0, 0.05) is 23.9 Å². The molecule has 5 aromatic carbocycles. The molecule has 0 atom stereocenters. The second-order valence-corrected chi connectivity index (χ2v) is 14.9. The van der Waals surface area contributed by atoms with Gasteiger partial charge in [-0.2, -0.15) is 0 Å². The van der Waals surface area contributed by atoms with Crippen LogP contribution in [0.5, 0.6) is 0 Å². The molecule has 0 radical (unpaired) electrons. The second-order valence-electron chi connectivity index (χ2n) is 14.9. The molecule has 0 N–H and O–H groups in total. The standard InChI is InChI=1S/C55H49N3/c1-40(58-55(46-20-9-5-10-21-46)57-39-42-16-6-3-7-17-42)47-24-14-25-49(36-47)44-31-28-41(29-32-44)30-33-50(53-27-15-23-45-19-12-13-26-52(45)53)38-54(56-2)51-35-34-43-18-8-4-11-22-48(43)37-51/h3,6-9,11,13-18,20-38H,4-5,10,12,19,39H2,1-2H3/b33-30+,50-38+,56-54?,57-55?,58-40?. The monoisotopic (exact) mass is 751 g/mol. The van der Waals surface area contributed by atoms with Crippen molar-refractivity contribution in [1.82, 2.24) is 0 Å². The molecular formula is C55H49N3. The van der Waals surface area contributed by atoms with Crippen molar-refractivity contribution in [3.63, 3.8) is 0 Å². The normalized spacial score (nSPS) is 15.7. The number of hydrogen-bond donors (Lipinski definition) is 0. The zero-order chi connectivity index (χ0) is 39.5. The van der Waals surface area contributed by atoms with Crippen molar-refractivity contribution in [3.8, 4) is 11.1 Å². The number of fused-ring (bicyclic) bond motifs is 2. The predicted molar refractivity (Wildman–Crippen MR) is 251 cm³/mol. The van der Waals surface area contributed by atoms with Crippen molar-refractivity contribution in [1.29, 1.82) is 0 Å². The third-order valence-corrected chi connectivity index (χ3v) is 10.9. The quantitative estimate of drug-likeness (QED) is 0.0774. The maximum atomic E-state index is 5.11. The van der Waals surface area contributed by atoms with Crippen LogP contribution in [0.2, 0.25) is 0 Å². The van der Waals surface area contributed by atoms with Gasteiger partial charge in [0.05, 0.1) is 12.3 Å². The Balaban J connectivity index is 1.07. The highest BCUT2D eigenvalue weighted by Crippen LogP contribution is 2.31. The zero-order valence-corrected chi connectivity index (χ0v) is 33.5. The van der Waals surface area contributed by atoms with Crippen LogP contribution in [0.3, 0.4) is 0 Å². The molecule has 5 aromatic rings. The summed E-state index contributed by atoms with van der Waals surface area (Å²) in [5.74, 6) is 0.782. The lowest BCUT2D eigenvalue weighted by atomic mass is 9.88. The van der Waals surface area contributed by atoms with E-state index in [4.69, 9.17) is 15.0 Å². The predicted octanol–water partition coefficient (Wildman–Crippen LogP) is 13.6. The minimum atomic E-state index is 0.596. The van der Waals surface area contributed by atoms with Crippen LogP contribution >= 0.6 is 0 Å². The molecule has 0 spiro atoms. The summed E-state index contributed by atoms with van der Waals surface area (Å²) in [5.41, 5.74) is 17.3. The molecule has 0 fully saturated rings. The molecule has 3 aliphatic rings. The first-order valence-corrected chi connectivity index (χ1v) is 20.5. The topological polar surface area (TPSA) is 37.1 Å². The van der Waals surface area contributed by atoms with Crippen molar-refractivity contribution < 1.29 is 0 Å². The van der Waals surface area contributed by atoms with Gasteiger partial charge in [0.15, 0.2) is 5.84 Å². The van der Waals surface area contributed by atoms with Crippen molar-refractivity contribution >= 4 is 47.1 Å². The lowest BCUT2D eigenvalue weighted by Gasteiger charge is -2.16. The number of aryl methyl sites for hydroxylation is 1. The molecule has 0 unspecified atom stereocenters.